The van der Waals surface area contributed by atoms with Crippen LogP contribution in [0.25, 0.3) is 5.57 Å². The first kappa shape index (κ1) is 18.8. The molecule has 2 aliphatic rings. The molecule has 1 spiro atoms. The molecule has 142 valence electrons. The lowest BCUT2D eigenvalue weighted by Gasteiger charge is -2.36. The van der Waals surface area contributed by atoms with Gasteiger partial charge < -0.3 is 9.84 Å². The van der Waals surface area contributed by atoms with E-state index in [2.05, 4.69) is 0 Å². The van der Waals surface area contributed by atoms with Gasteiger partial charge in [-0.1, -0.05) is 6.07 Å². The van der Waals surface area contributed by atoms with Crippen LogP contribution in [-0.4, -0.2) is 22.9 Å². The lowest BCUT2D eigenvalue weighted by Crippen LogP contribution is -2.40. The Hall–Kier alpha value is -1.98. The largest absolute Gasteiger partial charge is 0.507 e. The van der Waals surface area contributed by atoms with E-state index in [4.69, 9.17) is 4.74 Å². The summed E-state index contributed by atoms with van der Waals surface area (Å²) in [5.74, 6) is -2.27. The second kappa shape index (κ2) is 6.03. The molecule has 1 saturated carbocycles. The predicted octanol–water partition coefficient (Wildman–Crippen LogP) is 5.24. The van der Waals surface area contributed by atoms with E-state index >= 15 is 0 Å². The molecular weight excluding hydrogens is 345 g/mol. The summed E-state index contributed by atoms with van der Waals surface area (Å²) in [6.07, 6.45) is -4.59. The third-order valence-electron chi connectivity index (χ3n) is 6.02. The van der Waals surface area contributed by atoms with Crippen LogP contribution < -0.4 is 0 Å². The molecule has 0 atom stereocenters. The molecule has 0 aromatic heterocycles. The summed E-state index contributed by atoms with van der Waals surface area (Å²) in [6.45, 7) is 7.65. The third-order valence-corrected chi connectivity index (χ3v) is 6.02. The van der Waals surface area contributed by atoms with Gasteiger partial charge in [0.15, 0.2) is 11.4 Å². The molecule has 26 heavy (non-hydrogen) atoms. The van der Waals surface area contributed by atoms with Crippen molar-refractivity contribution in [1.82, 2.24) is 0 Å². The number of aliphatic hydroxyl groups is 1. The smallest absolute Gasteiger partial charge is 0.391 e. The van der Waals surface area contributed by atoms with Gasteiger partial charge in [-0.15, -0.1) is 0 Å². The SMILES string of the molecule is Cc1cc(C)c(C2=C(O)C3(CCC(C(F)(F)F)CC3)OC2=O)c(C)c1C. The van der Waals surface area contributed by atoms with Crippen LogP contribution in [0.5, 0.6) is 0 Å². The quantitative estimate of drug-likeness (QED) is 0.690. The number of hydrogen-bond donors (Lipinski definition) is 1. The molecule has 0 amide bonds. The van der Waals surface area contributed by atoms with Crippen molar-refractivity contribution >= 4 is 11.5 Å². The highest BCUT2D eigenvalue weighted by Crippen LogP contribution is 2.50. The van der Waals surface area contributed by atoms with E-state index in [1.807, 2.05) is 33.8 Å². The molecule has 1 fully saturated rings. The van der Waals surface area contributed by atoms with Crippen molar-refractivity contribution in [3.8, 4) is 0 Å². The van der Waals surface area contributed by atoms with Crippen LogP contribution in [0.4, 0.5) is 13.2 Å². The zero-order valence-electron chi connectivity index (χ0n) is 15.4. The Morgan fingerprint density at radius 3 is 2.19 bits per heavy atom. The van der Waals surface area contributed by atoms with Crippen molar-refractivity contribution in [2.24, 2.45) is 5.92 Å². The number of carbonyl (C=O) groups is 1. The molecule has 1 aromatic carbocycles. The predicted molar refractivity (Wildman–Crippen MR) is 91.8 cm³/mol. The van der Waals surface area contributed by atoms with Gasteiger partial charge in [0.1, 0.15) is 5.57 Å². The maximum Gasteiger partial charge on any atom is 0.391 e. The van der Waals surface area contributed by atoms with Gasteiger partial charge in [-0.3, -0.25) is 0 Å². The third kappa shape index (κ3) is 2.79. The summed E-state index contributed by atoms with van der Waals surface area (Å²) in [5, 5.41) is 10.8. The van der Waals surface area contributed by atoms with E-state index in [1.54, 1.807) is 0 Å². The van der Waals surface area contributed by atoms with Gasteiger partial charge in [0, 0.05) is 0 Å². The first-order chi connectivity index (χ1) is 12.0. The van der Waals surface area contributed by atoms with Crippen LogP contribution in [0.1, 0.15) is 53.5 Å². The molecule has 3 rings (SSSR count). The molecule has 0 unspecified atom stereocenters. The molecule has 1 aromatic rings. The molecule has 1 aliphatic heterocycles. The summed E-state index contributed by atoms with van der Waals surface area (Å²) in [6, 6.07) is 1.94. The maximum atomic E-state index is 12.9. The van der Waals surface area contributed by atoms with Crippen LogP contribution in [-0.2, 0) is 9.53 Å². The number of ether oxygens (including phenoxy) is 1. The lowest BCUT2D eigenvalue weighted by atomic mass is 9.76. The minimum absolute atomic E-state index is 0.0127. The van der Waals surface area contributed by atoms with E-state index in [9.17, 15) is 23.1 Å². The highest BCUT2D eigenvalue weighted by molar-refractivity contribution is 6.20. The molecule has 3 nitrogen and oxygen atoms in total. The topological polar surface area (TPSA) is 46.5 Å². The molecule has 1 aliphatic carbocycles. The van der Waals surface area contributed by atoms with Gasteiger partial charge in [-0.25, -0.2) is 4.79 Å². The molecule has 0 radical (unpaired) electrons. The normalized spacial score (nSPS) is 26.6. The standard InChI is InChI=1S/C20H23F3O3/c1-10-9-11(2)15(13(4)12(10)3)16-17(24)19(26-18(16)25)7-5-14(6-8-19)20(21,22)23/h9,14,24H,5-8H2,1-4H3. The van der Waals surface area contributed by atoms with E-state index in [-0.39, 0.29) is 37.0 Å². The number of halogens is 3. The Kier molecular flexibility index (Phi) is 4.36. The Morgan fingerprint density at radius 2 is 1.65 bits per heavy atom. The van der Waals surface area contributed by atoms with Crippen LogP contribution in [0.2, 0.25) is 0 Å². The fraction of sp³-hybridized carbons (Fsp3) is 0.550. The van der Waals surface area contributed by atoms with E-state index in [0.29, 0.717) is 5.56 Å². The molecule has 6 heteroatoms. The average Bonchev–Trinajstić information content (AvgIpc) is 2.77. The minimum atomic E-state index is -4.26. The van der Waals surface area contributed by atoms with E-state index < -0.39 is 23.7 Å². The van der Waals surface area contributed by atoms with Gasteiger partial charge in [-0.2, -0.15) is 13.2 Å². The number of aliphatic hydroxyl groups excluding tert-OH is 1. The van der Waals surface area contributed by atoms with Crippen molar-refractivity contribution in [2.45, 2.75) is 65.2 Å². The Bertz CT molecular complexity index is 797. The molecule has 0 saturated heterocycles. The second-order valence-corrected chi connectivity index (χ2v) is 7.56. The zero-order chi connectivity index (χ0) is 19.4. The Balaban J connectivity index is 2.03. The number of rotatable bonds is 1. The summed E-state index contributed by atoms with van der Waals surface area (Å²) >= 11 is 0. The fourth-order valence-corrected chi connectivity index (χ4v) is 4.24. The number of benzene rings is 1. The van der Waals surface area contributed by atoms with Crippen molar-refractivity contribution < 1.29 is 27.8 Å². The number of esters is 1. The monoisotopic (exact) mass is 368 g/mol. The van der Waals surface area contributed by atoms with Crippen molar-refractivity contribution in [1.29, 1.82) is 0 Å². The Morgan fingerprint density at radius 1 is 1.08 bits per heavy atom. The van der Waals surface area contributed by atoms with E-state index in [1.165, 1.54) is 0 Å². The van der Waals surface area contributed by atoms with E-state index in [0.717, 1.165) is 22.3 Å². The second-order valence-electron chi connectivity index (χ2n) is 7.56. The summed E-state index contributed by atoms with van der Waals surface area (Å²) in [7, 11) is 0. The fourth-order valence-electron chi connectivity index (χ4n) is 4.24. The number of carbonyl (C=O) groups excluding carboxylic acids is 1. The summed E-state index contributed by atoms with van der Waals surface area (Å²) in [4.78, 5) is 12.6. The highest BCUT2D eigenvalue weighted by Gasteiger charge is 2.54. The molecule has 1 heterocycles. The van der Waals surface area contributed by atoms with Gasteiger partial charge in [0.05, 0.1) is 5.92 Å². The van der Waals surface area contributed by atoms with Gasteiger partial charge in [0.25, 0.3) is 0 Å². The average molecular weight is 368 g/mol. The minimum Gasteiger partial charge on any atom is -0.507 e. The number of alkyl halides is 3. The highest BCUT2D eigenvalue weighted by atomic mass is 19.4. The molecule has 0 bridgehead atoms. The Labute approximate surface area is 150 Å². The van der Waals surface area contributed by atoms with Gasteiger partial charge in [-0.05, 0) is 81.2 Å². The number of hydrogen-bond acceptors (Lipinski definition) is 3. The summed E-state index contributed by atoms with van der Waals surface area (Å²) < 4.78 is 44.3. The van der Waals surface area contributed by atoms with Crippen LogP contribution in [0, 0.1) is 33.6 Å². The maximum absolute atomic E-state index is 12.9. The first-order valence-corrected chi connectivity index (χ1v) is 8.79. The van der Waals surface area contributed by atoms with Crippen molar-refractivity contribution in [3.63, 3.8) is 0 Å². The van der Waals surface area contributed by atoms with Crippen LogP contribution >= 0.6 is 0 Å². The van der Waals surface area contributed by atoms with Gasteiger partial charge in [0.2, 0.25) is 0 Å². The van der Waals surface area contributed by atoms with Crippen LogP contribution in [0.3, 0.4) is 0 Å². The van der Waals surface area contributed by atoms with Crippen molar-refractivity contribution in [2.75, 3.05) is 0 Å². The molecule has 1 N–H and O–H groups in total. The number of aryl methyl sites for hydroxylation is 2. The summed E-state index contributed by atoms with van der Waals surface area (Å²) in [5.41, 5.74) is 3.23. The van der Waals surface area contributed by atoms with Crippen LogP contribution in [0.15, 0.2) is 11.8 Å². The zero-order valence-corrected chi connectivity index (χ0v) is 15.4. The van der Waals surface area contributed by atoms with Gasteiger partial charge >= 0.3 is 12.1 Å². The lowest BCUT2D eigenvalue weighted by molar-refractivity contribution is -0.194. The molecular formula is C20H23F3O3. The van der Waals surface area contributed by atoms with Crippen molar-refractivity contribution in [3.05, 3.63) is 39.6 Å². The first-order valence-electron chi connectivity index (χ1n) is 8.79.